The first-order valence-corrected chi connectivity index (χ1v) is 15.3. The molecule has 0 aliphatic heterocycles. The molecular formula is C28H34N4O5S. The molecule has 7 rings (SSSR count). The third-order valence-electron chi connectivity index (χ3n) is 10.9. The molecule has 38 heavy (non-hydrogen) atoms. The van der Waals surface area contributed by atoms with E-state index >= 15 is 0 Å². The average Bonchev–Trinajstić information content (AvgIpc) is 3.60. The Balaban J connectivity index is 1.10. The quantitative estimate of drug-likeness (QED) is 0.489. The molecule has 3 fully saturated rings. The number of hydrogen-bond acceptors (Lipinski definition) is 7. The highest BCUT2D eigenvalue weighted by Gasteiger charge is 2.60. The summed E-state index contributed by atoms with van der Waals surface area (Å²) in [5, 5.41) is 23.1. The molecule has 0 amide bonds. The Bertz CT molecular complexity index is 1470. The van der Waals surface area contributed by atoms with E-state index in [2.05, 4.69) is 29.2 Å². The van der Waals surface area contributed by atoms with Crippen LogP contribution < -0.4 is 9.64 Å². The van der Waals surface area contributed by atoms with E-state index in [-0.39, 0.29) is 32.6 Å². The van der Waals surface area contributed by atoms with Crippen molar-refractivity contribution in [3.05, 3.63) is 53.0 Å². The molecule has 3 aromatic rings. The first-order chi connectivity index (χ1) is 18.2. The van der Waals surface area contributed by atoms with Gasteiger partial charge in [0, 0.05) is 11.1 Å². The minimum Gasteiger partial charge on any atom is -0.451 e. The number of aromatic nitrogens is 4. The van der Waals surface area contributed by atoms with Crippen molar-refractivity contribution < 1.29 is 22.7 Å². The smallest absolute Gasteiger partial charge is 0.415 e. The third kappa shape index (κ3) is 3.34. The van der Waals surface area contributed by atoms with Crippen LogP contribution in [0.4, 0.5) is 0 Å². The second kappa shape index (κ2) is 8.31. The Hall–Kier alpha value is -2.88. The van der Waals surface area contributed by atoms with E-state index in [1.165, 1.54) is 42.7 Å². The van der Waals surface area contributed by atoms with Crippen LogP contribution in [0.3, 0.4) is 0 Å². The zero-order valence-corrected chi connectivity index (χ0v) is 22.6. The van der Waals surface area contributed by atoms with Crippen LogP contribution in [0.5, 0.6) is 5.88 Å². The lowest BCUT2D eigenvalue weighted by molar-refractivity contribution is -0.832. The van der Waals surface area contributed by atoms with Crippen molar-refractivity contribution in [1.29, 1.82) is 0 Å². The molecule has 1 aromatic carbocycles. The van der Waals surface area contributed by atoms with Gasteiger partial charge in [0.15, 0.2) is 0 Å². The summed E-state index contributed by atoms with van der Waals surface area (Å²) in [4.78, 5) is -0.0492. The number of H-pyrrole nitrogens is 1. The molecule has 1 N–H and O–H groups in total. The van der Waals surface area contributed by atoms with Gasteiger partial charge in [-0.1, -0.05) is 32.0 Å². The topological polar surface area (TPSA) is 125 Å². The average molecular weight is 539 g/mol. The van der Waals surface area contributed by atoms with Gasteiger partial charge >= 0.3 is 10.9 Å². The Morgan fingerprint density at radius 3 is 2.74 bits per heavy atom. The molecule has 2 heterocycles. The van der Waals surface area contributed by atoms with Crippen LogP contribution in [-0.4, -0.2) is 29.9 Å². The molecule has 2 aromatic heterocycles. The van der Waals surface area contributed by atoms with Gasteiger partial charge in [-0.3, -0.25) is 9.73 Å². The molecule has 0 saturated heterocycles. The van der Waals surface area contributed by atoms with Crippen LogP contribution in [-0.2, 0) is 21.7 Å². The Kier molecular flexibility index (Phi) is 5.29. The third-order valence-corrected chi connectivity index (χ3v) is 12.6. The van der Waals surface area contributed by atoms with Gasteiger partial charge in [-0.25, -0.2) is 8.42 Å². The summed E-state index contributed by atoms with van der Waals surface area (Å²) in [6.07, 6.45) is 10.4. The van der Waals surface area contributed by atoms with Crippen LogP contribution >= 0.6 is 0 Å². The molecule has 10 heteroatoms. The second-order valence-corrected chi connectivity index (χ2v) is 14.3. The van der Waals surface area contributed by atoms with Gasteiger partial charge in [-0.2, -0.15) is 5.10 Å². The summed E-state index contributed by atoms with van der Waals surface area (Å²) in [6.45, 7) is 4.93. The number of benzene rings is 1. The number of nitrogens with zero attached hydrogens (tertiary/aromatic N) is 3. The number of aromatic amines is 1. The van der Waals surface area contributed by atoms with Crippen molar-refractivity contribution in [2.75, 3.05) is 0 Å². The monoisotopic (exact) mass is 538 g/mol. The normalized spacial score (nSPS) is 36.1. The van der Waals surface area contributed by atoms with Gasteiger partial charge < -0.3 is 9.94 Å². The number of ether oxygens (including phenoxy) is 1. The lowest BCUT2D eigenvalue weighted by Crippen LogP contribution is -2.54. The molecule has 202 valence electrons. The fourth-order valence-electron chi connectivity index (χ4n) is 8.91. The zero-order valence-electron chi connectivity index (χ0n) is 21.8. The SMILES string of the molecule is C[C@]12CC[C@H](Oc3no[n+]([O-])c3S(=O)(=O)c3ccccc3)CC1CC[C@@H]1[C@@H]2CC[C@]2(C)c3[nH]ncc3C[C@@H]12. The van der Waals surface area contributed by atoms with Gasteiger partial charge in [0.05, 0.1) is 16.2 Å². The van der Waals surface area contributed by atoms with Crippen LogP contribution in [0.1, 0.15) is 70.1 Å². The molecule has 1 unspecified atom stereocenters. The molecular weight excluding hydrogens is 504 g/mol. The standard InChI is InChI=1S/C28H34N4O5S/c1-27-12-10-19(36-25-26(32(33)37-31-25)38(34,35)20-6-4-3-5-7-20)15-18(27)8-9-21-22(27)11-13-28(2)23(21)14-17-16-29-30-24(17)28/h3-7,16,18-19,21-23H,8-15H2,1-2H3,(H,29,30)/t18?,19-,21+,22-,23-,27-,28-/m0/s1. The highest BCUT2D eigenvalue weighted by molar-refractivity contribution is 7.91. The van der Waals surface area contributed by atoms with E-state index < -0.39 is 14.9 Å². The van der Waals surface area contributed by atoms with E-state index in [4.69, 9.17) is 9.37 Å². The first-order valence-electron chi connectivity index (χ1n) is 13.8. The minimum atomic E-state index is -4.13. The Morgan fingerprint density at radius 2 is 1.92 bits per heavy atom. The summed E-state index contributed by atoms with van der Waals surface area (Å²) < 4.78 is 37.2. The summed E-state index contributed by atoms with van der Waals surface area (Å²) in [6, 6.07) is 7.84. The molecule has 0 spiro atoms. The first kappa shape index (κ1) is 24.2. The van der Waals surface area contributed by atoms with E-state index in [1.807, 2.05) is 6.20 Å². The predicted octanol–water partition coefficient (Wildman–Crippen LogP) is 4.37. The van der Waals surface area contributed by atoms with Crippen molar-refractivity contribution >= 4 is 9.84 Å². The second-order valence-electron chi connectivity index (χ2n) is 12.5. The highest BCUT2D eigenvalue weighted by Crippen LogP contribution is 2.65. The molecule has 4 aliphatic carbocycles. The van der Waals surface area contributed by atoms with Crippen LogP contribution in [0.15, 0.2) is 51.1 Å². The molecule has 0 bridgehead atoms. The van der Waals surface area contributed by atoms with Crippen molar-refractivity contribution in [2.45, 2.75) is 86.7 Å². The highest BCUT2D eigenvalue weighted by atomic mass is 32.2. The van der Waals surface area contributed by atoms with E-state index in [9.17, 15) is 13.6 Å². The van der Waals surface area contributed by atoms with Crippen molar-refractivity contribution in [3.8, 4) is 5.88 Å². The molecule has 0 radical (unpaired) electrons. The Morgan fingerprint density at radius 1 is 1.11 bits per heavy atom. The van der Waals surface area contributed by atoms with Crippen molar-refractivity contribution in [1.82, 2.24) is 15.4 Å². The van der Waals surface area contributed by atoms with E-state index in [0.717, 1.165) is 32.1 Å². The van der Waals surface area contributed by atoms with Crippen LogP contribution in [0.25, 0.3) is 0 Å². The summed E-state index contributed by atoms with van der Waals surface area (Å²) in [7, 11) is -4.13. The molecule has 9 nitrogen and oxygen atoms in total. The van der Waals surface area contributed by atoms with Crippen LogP contribution in [0, 0.1) is 34.3 Å². The lowest BCUT2D eigenvalue weighted by Gasteiger charge is -2.60. The molecule has 4 aliphatic rings. The van der Waals surface area contributed by atoms with Gasteiger partial charge in [0.2, 0.25) is 0 Å². The van der Waals surface area contributed by atoms with E-state index in [1.54, 1.807) is 18.2 Å². The summed E-state index contributed by atoms with van der Waals surface area (Å²) in [5.41, 5.74) is 3.22. The molecule has 3 saturated carbocycles. The minimum absolute atomic E-state index is 0.00495. The fourth-order valence-corrected chi connectivity index (χ4v) is 10.2. The fraction of sp³-hybridized carbons (Fsp3) is 0.607. The number of hydrogen-bond donors (Lipinski definition) is 1. The molecule has 7 atom stereocenters. The van der Waals surface area contributed by atoms with Crippen molar-refractivity contribution in [3.63, 3.8) is 0 Å². The zero-order chi connectivity index (χ0) is 26.3. The van der Waals surface area contributed by atoms with Crippen LogP contribution in [0.2, 0.25) is 0 Å². The Labute approximate surface area is 222 Å². The maximum atomic E-state index is 13.2. The number of rotatable bonds is 4. The predicted molar refractivity (Wildman–Crippen MR) is 136 cm³/mol. The summed E-state index contributed by atoms with van der Waals surface area (Å²) in [5.74, 6) is 2.33. The van der Waals surface area contributed by atoms with Gasteiger partial charge in [0.1, 0.15) is 6.10 Å². The largest absolute Gasteiger partial charge is 0.451 e. The number of fused-ring (bicyclic) bond motifs is 7. The number of nitrogens with one attached hydrogen (secondary N) is 1. The number of sulfone groups is 1. The van der Waals surface area contributed by atoms with E-state index in [0.29, 0.717) is 23.7 Å². The van der Waals surface area contributed by atoms with Gasteiger partial charge in [-0.15, -0.1) is 0 Å². The maximum absolute atomic E-state index is 13.2. The van der Waals surface area contributed by atoms with Gasteiger partial charge in [0.25, 0.3) is 9.84 Å². The summed E-state index contributed by atoms with van der Waals surface area (Å²) >= 11 is 0. The maximum Gasteiger partial charge on any atom is 0.415 e. The van der Waals surface area contributed by atoms with Crippen molar-refractivity contribution in [2.24, 2.45) is 29.1 Å². The lowest BCUT2D eigenvalue weighted by atomic mass is 9.45. The van der Waals surface area contributed by atoms with Gasteiger partial charge in [-0.05, 0) is 103 Å².